The molecule has 0 saturated carbocycles. The average Bonchev–Trinajstić information content (AvgIpc) is 2.83. The predicted molar refractivity (Wildman–Crippen MR) is 92.4 cm³/mol. The largest absolute Gasteiger partial charge is 0.442 e. The van der Waals surface area contributed by atoms with Crippen molar-refractivity contribution in [3.05, 3.63) is 45.1 Å². The molecule has 0 radical (unpaired) electrons. The summed E-state index contributed by atoms with van der Waals surface area (Å²) < 4.78 is 9.39. The van der Waals surface area contributed by atoms with Crippen molar-refractivity contribution in [1.29, 1.82) is 0 Å². The Labute approximate surface area is 153 Å². The summed E-state index contributed by atoms with van der Waals surface area (Å²) in [5, 5.41) is 2.79. The summed E-state index contributed by atoms with van der Waals surface area (Å²) in [5.41, 5.74) is -0.122. The standard InChI is InChI=1S/C15H15Cl2N3O3S/c1-15(2,3)19-13(21)11(8-4-6-18-7-5-8)23-14(22)10-9(16)12(17)24-20-10/h4-7,11H,1-3H3,(H,19,21)/t11-/m0/s1. The van der Waals surface area contributed by atoms with Gasteiger partial charge in [0.1, 0.15) is 9.36 Å². The fourth-order valence-corrected chi connectivity index (χ4v) is 2.78. The molecule has 1 amide bonds. The molecular weight excluding hydrogens is 373 g/mol. The first kappa shape index (κ1) is 18.6. The van der Waals surface area contributed by atoms with Crippen LogP contribution in [0.3, 0.4) is 0 Å². The van der Waals surface area contributed by atoms with E-state index in [2.05, 4.69) is 14.7 Å². The molecule has 128 valence electrons. The number of nitrogens with one attached hydrogen (secondary N) is 1. The van der Waals surface area contributed by atoms with Crippen LogP contribution >= 0.6 is 34.7 Å². The zero-order valence-electron chi connectivity index (χ0n) is 13.2. The minimum atomic E-state index is -1.16. The number of carbonyl (C=O) groups excluding carboxylic acids is 2. The van der Waals surface area contributed by atoms with Crippen molar-refractivity contribution in [3.63, 3.8) is 0 Å². The van der Waals surface area contributed by atoms with E-state index in [-0.39, 0.29) is 15.1 Å². The quantitative estimate of drug-likeness (QED) is 0.809. The third kappa shape index (κ3) is 4.66. The van der Waals surface area contributed by atoms with Crippen molar-refractivity contribution in [1.82, 2.24) is 14.7 Å². The maximum Gasteiger partial charge on any atom is 0.360 e. The number of ether oxygens (including phenoxy) is 1. The molecule has 2 aromatic rings. The monoisotopic (exact) mass is 387 g/mol. The first-order chi connectivity index (χ1) is 11.2. The molecule has 0 bridgehead atoms. The lowest BCUT2D eigenvalue weighted by atomic mass is 10.1. The van der Waals surface area contributed by atoms with Gasteiger partial charge in [0.2, 0.25) is 6.10 Å². The molecule has 2 rings (SSSR count). The van der Waals surface area contributed by atoms with Crippen LogP contribution < -0.4 is 5.32 Å². The van der Waals surface area contributed by atoms with Gasteiger partial charge >= 0.3 is 5.97 Å². The molecule has 2 aromatic heterocycles. The Bertz CT molecular complexity index is 744. The molecule has 2 heterocycles. The number of pyridine rings is 1. The second-order valence-corrected chi connectivity index (χ2v) is 7.68. The van der Waals surface area contributed by atoms with Crippen LogP contribution in [0.5, 0.6) is 0 Å². The molecule has 6 nitrogen and oxygen atoms in total. The van der Waals surface area contributed by atoms with Gasteiger partial charge in [-0.3, -0.25) is 9.78 Å². The molecule has 0 aliphatic rings. The molecule has 0 fully saturated rings. The minimum Gasteiger partial charge on any atom is -0.442 e. The fraction of sp³-hybridized carbons (Fsp3) is 0.333. The summed E-state index contributed by atoms with van der Waals surface area (Å²) >= 11 is 12.6. The van der Waals surface area contributed by atoms with E-state index < -0.39 is 23.5 Å². The zero-order valence-corrected chi connectivity index (χ0v) is 15.5. The van der Waals surface area contributed by atoms with Gasteiger partial charge in [0.15, 0.2) is 5.69 Å². The Hall–Kier alpha value is -1.70. The van der Waals surface area contributed by atoms with E-state index in [4.69, 9.17) is 27.9 Å². The van der Waals surface area contributed by atoms with E-state index in [0.29, 0.717) is 5.56 Å². The van der Waals surface area contributed by atoms with Gasteiger partial charge < -0.3 is 10.1 Å². The van der Waals surface area contributed by atoms with Gasteiger partial charge in [-0.15, -0.1) is 0 Å². The first-order valence-electron chi connectivity index (χ1n) is 6.92. The normalized spacial score (nSPS) is 12.5. The molecule has 0 unspecified atom stereocenters. The Morgan fingerprint density at radius 3 is 2.38 bits per heavy atom. The summed E-state index contributed by atoms with van der Waals surface area (Å²) in [5.74, 6) is -1.28. The van der Waals surface area contributed by atoms with Gasteiger partial charge in [-0.05, 0) is 44.4 Å². The summed E-state index contributed by atoms with van der Waals surface area (Å²) in [6.45, 7) is 5.48. The van der Waals surface area contributed by atoms with Crippen LogP contribution in [0.2, 0.25) is 9.36 Å². The van der Waals surface area contributed by atoms with Crippen LogP contribution in [0.15, 0.2) is 24.5 Å². The highest BCUT2D eigenvalue weighted by molar-refractivity contribution is 7.11. The van der Waals surface area contributed by atoms with Crippen LogP contribution in [-0.2, 0) is 9.53 Å². The summed E-state index contributed by atoms with van der Waals surface area (Å²) in [6.07, 6.45) is 1.86. The molecule has 0 saturated heterocycles. The lowest BCUT2D eigenvalue weighted by Gasteiger charge is -2.25. The Balaban J connectivity index is 2.28. The van der Waals surface area contributed by atoms with Gasteiger partial charge in [-0.25, -0.2) is 4.79 Å². The van der Waals surface area contributed by atoms with E-state index in [9.17, 15) is 9.59 Å². The SMILES string of the molecule is CC(C)(C)NC(=O)[C@@H](OC(=O)c1nsc(Cl)c1Cl)c1ccncc1. The van der Waals surface area contributed by atoms with E-state index in [1.807, 2.05) is 20.8 Å². The van der Waals surface area contributed by atoms with Crippen LogP contribution in [-0.4, -0.2) is 26.8 Å². The molecule has 0 aliphatic carbocycles. The molecule has 0 spiro atoms. The topological polar surface area (TPSA) is 81.2 Å². The second-order valence-electron chi connectivity index (χ2n) is 5.92. The van der Waals surface area contributed by atoms with Gasteiger partial charge in [-0.2, -0.15) is 4.37 Å². The highest BCUT2D eigenvalue weighted by Gasteiger charge is 2.30. The average molecular weight is 388 g/mol. The molecule has 24 heavy (non-hydrogen) atoms. The van der Waals surface area contributed by atoms with Gasteiger partial charge in [-0.1, -0.05) is 23.2 Å². The molecule has 1 atom stereocenters. The maximum absolute atomic E-state index is 12.5. The van der Waals surface area contributed by atoms with Crippen molar-refractivity contribution in [2.45, 2.75) is 32.4 Å². The third-order valence-electron chi connectivity index (χ3n) is 2.76. The van der Waals surface area contributed by atoms with E-state index in [1.165, 1.54) is 12.4 Å². The number of amides is 1. The van der Waals surface area contributed by atoms with E-state index >= 15 is 0 Å². The zero-order chi connectivity index (χ0) is 17.9. The van der Waals surface area contributed by atoms with Crippen LogP contribution in [0.25, 0.3) is 0 Å². The Morgan fingerprint density at radius 1 is 1.25 bits per heavy atom. The molecular formula is C15H15Cl2N3O3S. The van der Waals surface area contributed by atoms with Crippen LogP contribution in [0, 0.1) is 0 Å². The maximum atomic E-state index is 12.5. The predicted octanol–water partition coefficient (Wildman–Crippen LogP) is 3.66. The number of halogens is 2. The van der Waals surface area contributed by atoms with E-state index in [0.717, 1.165) is 11.5 Å². The number of nitrogens with zero attached hydrogens (tertiary/aromatic N) is 2. The van der Waals surface area contributed by atoms with Gasteiger partial charge in [0, 0.05) is 23.5 Å². The molecule has 0 aromatic carbocycles. The van der Waals surface area contributed by atoms with Crippen molar-refractivity contribution >= 4 is 46.6 Å². The van der Waals surface area contributed by atoms with Crippen molar-refractivity contribution in [2.75, 3.05) is 0 Å². The molecule has 1 N–H and O–H groups in total. The molecule has 9 heteroatoms. The van der Waals surface area contributed by atoms with Crippen molar-refractivity contribution < 1.29 is 14.3 Å². The Morgan fingerprint density at radius 2 is 1.88 bits per heavy atom. The second kappa shape index (κ2) is 7.46. The highest BCUT2D eigenvalue weighted by atomic mass is 35.5. The Kier molecular flexibility index (Phi) is 5.79. The number of aromatic nitrogens is 2. The number of esters is 1. The molecule has 0 aliphatic heterocycles. The van der Waals surface area contributed by atoms with Crippen LogP contribution in [0.4, 0.5) is 0 Å². The summed E-state index contributed by atoms with van der Waals surface area (Å²) in [7, 11) is 0. The van der Waals surface area contributed by atoms with Gasteiger partial charge in [0.05, 0.1) is 0 Å². The lowest BCUT2D eigenvalue weighted by Crippen LogP contribution is -2.44. The summed E-state index contributed by atoms with van der Waals surface area (Å²) in [4.78, 5) is 28.7. The van der Waals surface area contributed by atoms with Crippen LogP contribution in [0.1, 0.15) is 42.9 Å². The van der Waals surface area contributed by atoms with Crippen molar-refractivity contribution in [3.8, 4) is 0 Å². The first-order valence-corrected chi connectivity index (χ1v) is 8.45. The van der Waals surface area contributed by atoms with E-state index in [1.54, 1.807) is 12.1 Å². The highest BCUT2D eigenvalue weighted by Crippen LogP contribution is 2.31. The number of hydrogen-bond acceptors (Lipinski definition) is 6. The van der Waals surface area contributed by atoms with Gasteiger partial charge in [0.25, 0.3) is 5.91 Å². The lowest BCUT2D eigenvalue weighted by molar-refractivity contribution is -0.131. The minimum absolute atomic E-state index is 0.0105. The number of rotatable bonds is 4. The van der Waals surface area contributed by atoms with Crippen molar-refractivity contribution in [2.24, 2.45) is 0 Å². The summed E-state index contributed by atoms with van der Waals surface area (Å²) in [6, 6.07) is 3.19. The number of hydrogen-bond donors (Lipinski definition) is 1. The number of carbonyl (C=O) groups is 2. The smallest absolute Gasteiger partial charge is 0.360 e. The fourth-order valence-electron chi connectivity index (χ4n) is 1.79. The third-order valence-corrected chi connectivity index (χ3v) is 4.37.